The lowest BCUT2D eigenvalue weighted by Crippen LogP contribution is -2.33. The molecule has 1 aromatic carbocycles. The van der Waals surface area contributed by atoms with Gasteiger partial charge in [0.2, 0.25) is 3.79 Å². The summed E-state index contributed by atoms with van der Waals surface area (Å²) in [5.74, 6) is 0.459. The van der Waals surface area contributed by atoms with E-state index in [1.54, 1.807) is 18.2 Å². The first-order valence-electron chi connectivity index (χ1n) is 4.83. The van der Waals surface area contributed by atoms with Gasteiger partial charge in [0.05, 0.1) is 4.92 Å². The second kappa shape index (κ2) is 4.93. The van der Waals surface area contributed by atoms with Gasteiger partial charge < -0.3 is 4.84 Å². The fraction of sp³-hybridized carbons (Fsp3) is 0.200. The predicted octanol–water partition coefficient (Wildman–Crippen LogP) is 3.21. The third-order valence-electron chi connectivity index (χ3n) is 2.33. The summed E-state index contributed by atoms with van der Waals surface area (Å²) in [6.07, 6.45) is 1.61. The van der Waals surface area contributed by atoms with Crippen LogP contribution in [-0.2, 0) is 4.84 Å². The summed E-state index contributed by atoms with van der Waals surface area (Å²) in [6.45, 7) is 0. The van der Waals surface area contributed by atoms with Gasteiger partial charge in [-0.2, -0.15) is 0 Å². The molecule has 0 saturated heterocycles. The molecular weight excluding hydrogens is 302 g/mol. The van der Waals surface area contributed by atoms with Crippen molar-refractivity contribution < 1.29 is 9.76 Å². The number of hydroxylamine groups is 1. The van der Waals surface area contributed by atoms with Crippen LogP contribution in [0.15, 0.2) is 30.3 Å². The molecule has 0 spiro atoms. The highest BCUT2D eigenvalue weighted by Crippen LogP contribution is 2.35. The van der Waals surface area contributed by atoms with Crippen LogP contribution >= 0.6 is 34.8 Å². The molecule has 0 saturated carbocycles. The first-order valence-corrected chi connectivity index (χ1v) is 5.97. The van der Waals surface area contributed by atoms with Crippen molar-refractivity contribution in [2.45, 2.75) is 9.83 Å². The summed E-state index contributed by atoms with van der Waals surface area (Å²) >= 11 is 17.1. The third kappa shape index (κ3) is 2.87. The van der Waals surface area contributed by atoms with E-state index in [2.05, 4.69) is 5.48 Å². The number of nitro benzene ring substituents is 1. The fourth-order valence-corrected chi connectivity index (χ4v) is 1.73. The molecule has 5 nitrogen and oxygen atoms in total. The Kier molecular flexibility index (Phi) is 3.68. The Balaban J connectivity index is 2.21. The Bertz CT molecular complexity index is 496. The van der Waals surface area contributed by atoms with Crippen LogP contribution in [0.1, 0.15) is 5.56 Å². The number of rotatable bonds is 2. The quantitative estimate of drug-likeness (QED) is 0.517. The van der Waals surface area contributed by atoms with Crippen LogP contribution in [0, 0.1) is 10.1 Å². The second-order valence-electron chi connectivity index (χ2n) is 3.57. The van der Waals surface area contributed by atoms with Gasteiger partial charge in [0, 0.05) is 17.7 Å². The number of nitrogens with one attached hydrogen (secondary N) is 1. The lowest BCUT2D eigenvalue weighted by atomic mass is 10.1. The third-order valence-corrected chi connectivity index (χ3v) is 3.03. The van der Waals surface area contributed by atoms with Gasteiger partial charge >= 0.3 is 0 Å². The number of benzene rings is 1. The van der Waals surface area contributed by atoms with E-state index in [9.17, 15) is 10.1 Å². The van der Waals surface area contributed by atoms with E-state index in [0.29, 0.717) is 11.3 Å². The van der Waals surface area contributed by atoms with Crippen molar-refractivity contribution in [3.05, 3.63) is 46.0 Å². The summed E-state index contributed by atoms with van der Waals surface area (Å²) in [7, 11) is 0. The zero-order valence-corrected chi connectivity index (χ0v) is 11.0. The van der Waals surface area contributed by atoms with Gasteiger partial charge in [0.15, 0.2) is 5.76 Å². The zero-order chi connectivity index (χ0) is 13.3. The molecule has 1 aliphatic rings. The van der Waals surface area contributed by atoms with Gasteiger partial charge in [0.1, 0.15) is 6.04 Å². The maximum absolute atomic E-state index is 10.5. The first kappa shape index (κ1) is 13.4. The van der Waals surface area contributed by atoms with Crippen LogP contribution in [0.5, 0.6) is 0 Å². The standard InChI is InChI=1S/C10H7Cl3N2O3/c11-10(12,13)9-5-8(18-14-9)6-1-3-7(4-2-6)15(16)17/h1-5,9,14H. The summed E-state index contributed by atoms with van der Waals surface area (Å²) < 4.78 is -1.53. The molecule has 1 N–H and O–H groups in total. The molecule has 0 fully saturated rings. The van der Waals surface area contributed by atoms with E-state index in [4.69, 9.17) is 39.6 Å². The molecule has 1 heterocycles. The van der Waals surface area contributed by atoms with Crippen molar-refractivity contribution in [1.82, 2.24) is 5.48 Å². The summed E-state index contributed by atoms with van der Waals surface area (Å²) in [5, 5.41) is 10.5. The van der Waals surface area contributed by atoms with Crippen LogP contribution < -0.4 is 5.48 Å². The van der Waals surface area contributed by atoms with E-state index in [-0.39, 0.29) is 5.69 Å². The topological polar surface area (TPSA) is 64.4 Å². The Morgan fingerprint density at radius 1 is 1.28 bits per heavy atom. The minimum Gasteiger partial charge on any atom is -0.408 e. The van der Waals surface area contributed by atoms with Gasteiger partial charge in [-0.15, -0.1) is 5.48 Å². The summed E-state index contributed by atoms with van der Waals surface area (Å²) in [6, 6.07) is 5.30. The highest BCUT2D eigenvalue weighted by Gasteiger charge is 2.35. The Hall–Kier alpha value is -1.01. The molecule has 0 aromatic heterocycles. The maximum atomic E-state index is 10.5. The average molecular weight is 310 g/mol. The first-order chi connectivity index (χ1) is 8.38. The number of nitro groups is 1. The van der Waals surface area contributed by atoms with Crippen molar-refractivity contribution in [1.29, 1.82) is 0 Å². The SMILES string of the molecule is O=[N+]([O-])c1ccc(C2=CC(C(Cl)(Cl)Cl)NO2)cc1. The van der Waals surface area contributed by atoms with Crippen molar-refractivity contribution in [2.24, 2.45) is 0 Å². The van der Waals surface area contributed by atoms with E-state index in [0.717, 1.165) is 0 Å². The highest BCUT2D eigenvalue weighted by molar-refractivity contribution is 6.68. The number of nitrogens with zero attached hydrogens (tertiary/aromatic N) is 1. The van der Waals surface area contributed by atoms with Crippen LogP contribution in [0.3, 0.4) is 0 Å². The lowest BCUT2D eigenvalue weighted by molar-refractivity contribution is -0.384. The molecule has 18 heavy (non-hydrogen) atoms. The molecule has 1 aliphatic heterocycles. The van der Waals surface area contributed by atoms with Gasteiger partial charge in [-0.05, 0) is 18.2 Å². The van der Waals surface area contributed by atoms with Crippen molar-refractivity contribution in [2.75, 3.05) is 0 Å². The van der Waals surface area contributed by atoms with E-state index in [1.165, 1.54) is 12.1 Å². The largest absolute Gasteiger partial charge is 0.408 e. The molecule has 2 rings (SSSR count). The highest BCUT2D eigenvalue weighted by atomic mass is 35.6. The molecule has 1 unspecified atom stereocenters. The van der Waals surface area contributed by atoms with Crippen LogP contribution in [0.25, 0.3) is 5.76 Å². The molecular formula is C10H7Cl3N2O3. The number of hydrogen-bond acceptors (Lipinski definition) is 4. The van der Waals surface area contributed by atoms with Crippen molar-refractivity contribution in [3.8, 4) is 0 Å². The van der Waals surface area contributed by atoms with Crippen molar-refractivity contribution in [3.63, 3.8) is 0 Å². The van der Waals surface area contributed by atoms with E-state index >= 15 is 0 Å². The molecule has 0 amide bonds. The molecule has 0 aliphatic carbocycles. The normalized spacial score (nSPS) is 19.3. The van der Waals surface area contributed by atoms with Crippen LogP contribution in [0.4, 0.5) is 5.69 Å². The van der Waals surface area contributed by atoms with Gasteiger partial charge in [-0.3, -0.25) is 10.1 Å². The van der Waals surface area contributed by atoms with Gasteiger partial charge in [-0.25, -0.2) is 0 Å². The number of hydrogen-bond donors (Lipinski definition) is 1. The molecule has 0 radical (unpaired) electrons. The summed E-state index contributed by atoms with van der Waals surface area (Å²) in [5.41, 5.74) is 3.22. The number of alkyl halides is 3. The molecule has 96 valence electrons. The molecule has 8 heteroatoms. The number of non-ortho nitro benzene ring substituents is 1. The average Bonchev–Trinajstić information content (AvgIpc) is 2.78. The van der Waals surface area contributed by atoms with E-state index < -0.39 is 14.8 Å². The summed E-state index contributed by atoms with van der Waals surface area (Å²) in [4.78, 5) is 15.2. The smallest absolute Gasteiger partial charge is 0.269 e. The minimum absolute atomic E-state index is 0.00299. The monoisotopic (exact) mass is 308 g/mol. The minimum atomic E-state index is -1.53. The van der Waals surface area contributed by atoms with Gasteiger partial charge in [0.25, 0.3) is 5.69 Å². The Morgan fingerprint density at radius 3 is 2.33 bits per heavy atom. The van der Waals surface area contributed by atoms with E-state index in [1.807, 2.05) is 0 Å². The van der Waals surface area contributed by atoms with Crippen LogP contribution in [-0.4, -0.2) is 14.8 Å². The maximum Gasteiger partial charge on any atom is 0.269 e. The molecule has 1 aromatic rings. The lowest BCUT2D eigenvalue weighted by Gasteiger charge is -2.15. The van der Waals surface area contributed by atoms with Crippen molar-refractivity contribution >= 4 is 46.2 Å². The van der Waals surface area contributed by atoms with Crippen LogP contribution in [0.2, 0.25) is 0 Å². The molecule has 1 atom stereocenters. The second-order valence-corrected chi connectivity index (χ2v) is 5.94. The predicted molar refractivity (Wildman–Crippen MR) is 69.4 cm³/mol. The zero-order valence-electron chi connectivity index (χ0n) is 8.77. The Morgan fingerprint density at radius 2 is 1.89 bits per heavy atom. The Labute approximate surface area is 117 Å². The molecule has 0 bridgehead atoms. The fourth-order valence-electron chi connectivity index (χ4n) is 1.41. The van der Waals surface area contributed by atoms with Gasteiger partial charge in [-0.1, -0.05) is 34.8 Å². The number of halogens is 3.